The van der Waals surface area contributed by atoms with Crippen molar-refractivity contribution in [1.82, 2.24) is 0 Å². The van der Waals surface area contributed by atoms with E-state index < -0.39 is 15.7 Å². The fourth-order valence-corrected chi connectivity index (χ4v) is 2.44. The third-order valence-electron chi connectivity index (χ3n) is 2.86. The van der Waals surface area contributed by atoms with Crippen LogP contribution in [0.3, 0.4) is 0 Å². The molecule has 0 fully saturated rings. The Kier molecular flexibility index (Phi) is 5.14. The molecule has 5 heteroatoms. The van der Waals surface area contributed by atoms with E-state index in [1.165, 1.54) is 18.2 Å². The average molecular weight is 273 g/mol. The smallest absolute Gasteiger partial charge is 0.175 e. The summed E-state index contributed by atoms with van der Waals surface area (Å²) < 4.78 is 36.5. The Morgan fingerprint density at radius 3 is 2.50 bits per heavy atom. The Morgan fingerprint density at radius 1 is 1.33 bits per heavy atom. The van der Waals surface area contributed by atoms with E-state index in [1.807, 2.05) is 6.92 Å². The molecule has 0 saturated heterocycles. The largest absolute Gasteiger partial charge is 0.380 e. The minimum Gasteiger partial charge on any atom is -0.380 e. The first kappa shape index (κ1) is 15.0. The van der Waals surface area contributed by atoms with E-state index in [9.17, 15) is 12.8 Å². The van der Waals surface area contributed by atoms with Gasteiger partial charge in [0, 0.05) is 12.3 Å². The summed E-state index contributed by atoms with van der Waals surface area (Å²) in [6.45, 7) is 4.08. The standard InChI is InChI=1S/C13H20FNO2S/c1-4-6-10(5-2)15-13-9-11(18(3,16)17)7-8-12(13)14/h7-10,15H,4-6H2,1-3H3. The summed E-state index contributed by atoms with van der Waals surface area (Å²) in [5, 5.41) is 3.07. The normalized spacial score (nSPS) is 13.3. The predicted octanol–water partition coefficient (Wildman–Crippen LogP) is 3.22. The number of anilines is 1. The molecule has 1 atom stereocenters. The van der Waals surface area contributed by atoms with Crippen LogP contribution in [0, 0.1) is 5.82 Å². The van der Waals surface area contributed by atoms with Gasteiger partial charge in [-0.25, -0.2) is 12.8 Å². The Balaban J connectivity index is 3.01. The lowest BCUT2D eigenvalue weighted by Gasteiger charge is -2.18. The molecule has 0 spiro atoms. The van der Waals surface area contributed by atoms with Gasteiger partial charge in [0.2, 0.25) is 0 Å². The van der Waals surface area contributed by atoms with Gasteiger partial charge in [-0.2, -0.15) is 0 Å². The van der Waals surface area contributed by atoms with E-state index in [1.54, 1.807) is 0 Å². The van der Waals surface area contributed by atoms with Crippen molar-refractivity contribution >= 4 is 15.5 Å². The number of benzene rings is 1. The van der Waals surface area contributed by atoms with Crippen LogP contribution in [0.1, 0.15) is 33.1 Å². The van der Waals surface area contributed by atoms with Crippen LogP contribution >= 0.6 is 0 Å². The van der Waals surface area contributed by atoms with Crippen LogP contribution in [0.2, 0.25) is 0 Å². The van der Waals surface area contributed by atoms with Gasteiger partial charge < -0.3 is 5.32 Å². The summed E-state index contributed by atoms with van der Waals surface area (Å²) >= 11 is 0. The molecule has 3 nitrogen and oxygen atoms in total. The van der Waals surface area contributed by atoms with Crippen LogP contribution in [0.15, 0.2) is 23.1 Å². The third-order valence-corrected chi connectivity index (χ3v) is 3.97. The summed E-state index contributed by atoms with van der Waals surface area (Å²) in [5.74, 6) is -0.419. The second-order valence-corrected chi connectivity index (χ2v) is 6.47. The van der Waals surface area contributed by atoms with Gasteiger partial charge in [-0.1, -0.05) is 20.3 Å². The first-order valence-corrected chi connectivity index (χ1v) is 8.03. The van der Waals surface area contributed by atoms with Crippen molar-refractivity contribution in [2.75, 3.05) is 11.6 Å². The van der Waals surface area contributed by atoms with E-state index in [0.717, 1.165) is 25.5 Å². The minimum atomic E-state index is -3.30. The highest BCUT2D eigenvalue weighted by atomic mass is 32.2. The molecule has 0 bridgehead atoms. The predicted molar refractivity (Wildman–Crippen MR) is 72.1 cm³/mol. The maximum absolute atomic E-state index is 13.6. The number of halogens is 1. The Labute approximate surface area is 108 Å². The lowest BCUT2D eigenvalue weighted by molar-refractivity contribution is 0.593. The lowest BCUT2D eigenvalue weighted by atomic mass is 10.1. The molecule has 0 saturated carbocycles. The second-order valence-electron chi connectivity index (χ2n) is 4.45. The van der Waals surface area contributed by atoms with Gasteiger partial charge in [0.05, 0.1) is 10.6 Å². The molecule has 1 aromatic rings. The fourth-order valence-electron chi connectivity index (χ4n) is 1.79. The molecule has 0 amide bonds. The highest BCUT2D eigenvalue weighted by Crippen LogP contribution is 2.21. The van der Waals surface area contributed by atoms with E-state index in [2.05, 4.69) is 12.2 Å². The molecule has 1 unspecified atom stereocenters. The molecule has 1 rings (SSSR count). The molecule has 0 aliphatic rings. The van der Waals surface area contributed by atoms with E-state index in [4.69, 9.17) is 0 Å². The van der Waals surface area contributed by atoms with Crippen LogP contribution in [0.25, 0.3) is 0 Å². The van der Waals surface area contributed by atoms with Crippen molar-refractivity contribution in [3.05, 3.63) is 24.0 Å². The van der Waals surface area contributed by atoms with Crippen molar-refractivity contribution in [2.45, 2.75) is 44.0 Å². The fraction of sp³-hybridized carbons (Fsp3) is 0.538. The van der Waals surface area contributed by atoms with Gasteiger partial charge in [0.15, 0.2) is 9.84 Å². The number of hydrogen-bond acceptors (Lipinski definition) is 3. The zero-order chi connectivity index (χ0) is 13.8. The topological polar surface area (TPSA) is 46.2 Å². The summed E-state index contributed by atoms with van der Waals surface area (Å²) in [6, 6.07) is 4.01. The quantitative estimate of drug-likeness (QED) is 0.809. The zero-order valence-electron chi connectivity index (χ0n) is 11.0. The van der Waals surface area contributed by atoms with Crippen molar-refractivity contribution < 1.29 is 12.8 Å². The first-order valence-electron chi connectivity index (χ1n) is 6.14. The monoisotopic (exact) mass is 273 g/mol. The maximum atomic E-state index is 13.6. The van der Waals surface area contributed by atoms with Crippen molar-refractivity contribution in [3.8, 4) is 0 Å². The highest BCUT2D eigenvalue weighted by molar-refractivity contribution is 7.90. The molecule has 0 heterocycles. The molecular formula is C13H20FNO2S. The van der Waals surface area contributed by atoms with Crippen molar-refractivity contribution in [3.63, 3.8) is 0 Å². The Morgan fingerprint density at radius 2 is 2.00 bits per heavy atom. The number of sulfone groups is 1. The van der Waals surface area contributed by atoms with Gasteiger partial charge in [-0.05, 0) is 31.0 Å². The van der Waals surface area contributed by atoms with Gasteiger partial charge in [0.25, 0.3) is 0 Å². The van der Waals surface area contributed by atoms with Crippen molar-refractivity contribution in [1.29, 1.82) is 0 Å². The summed E-state index contributed by atoms with van der Waals surface area (Å²) in [5.41, 5.74) is 0.262. The molecule has 0 aliphatic heterocycles. The van der Waals surface area contributed by atoms with Crippen LogP contribution in [0.5, 0.6) is 0 Å². The van der Waals surface area contributed by atoms with Gasteiger partial charge in [-0.15, -0.1) is 0 Å². The summed E-state index contributed by atoms with van der Waals surface area (Å²) in [4.78, 5) is 0.137. The minimum absolute atomic E-state index is 0.137. The third kappa shape index (κ3) is 3.98. The molecule has 1 N–H and O–H groups in total. The Bertz CT molecular complexity index is 500. The van der Waals surface area contributed by atoms with E-state index in [0.29, 0.717) is 0 Å². The molecule has 18 heavy (non-hydrogen) atoms. The van der Waals surface area contributed by atoms with Crippen LogP contribution in [-0.4, -0.2) is 20.7 Å². The van der Waals surface area contributed by atoms with Crippen LogP contribution < -0.4 is 5.32 Å². The van der Waals surface area contributed by atoms with Gasteiger partial charge in [-0.3, -0.25) is 0 Å². The molecule has 0 aliphatic carbocycles. The second kappa shape index (κ2) is 6.18. The van der Waals surface area contributed by atoms with Crippen LogP contribution in [0.4, 0.5) is 10.1 Å². The number of rotatable bonds is 6. The van der Waals surface area contributed by atoms with Crippen LogP contribution in [-0.2, 0) is 9.84 Å². The van der Waals surface area contributed by atoms with Gasteiger partial charge >= 0.3 is 0 Å². The molecule has 0 aromatic heterocycles. The van der Waals surface area contributed by atoms with Crippen molar-refractivity contribution in [2.24, 2.45) is 0 Å². The Hall–Kier alpha value is -1.10. The molecular weight excluding hydrogens is 253 g/mol. The lowest BCUT2D eigenvalue weighted by Crippen LogP contribution is -2.19. The first-order chi connectivity index (χ1) is 8.38. The maximum Gasteiger partial charge on any atom is 0.175 e. The SMILES string of the molecule is CCCC(CC)Nc1cc(S(C)(=O)=O)ccc1F. The van der Waals surface area contributed by atoms with Gasteiger partial charge in [0.1, 0.15) is 5.82 Å². The summed E-state index contributed by atoms with van der Waals surface area (Å²) in [7, 11) is -3.30. The van der Waals surface area contributed by atoms with E-state index >= 15 is 0 Å². The molecule has 1 aromatic carbocycles. The number of nitrogens with one attached hydrogen (secondary N) is 1. The summed E-state index contributed by atoms with van der Waals surface area (Å²) in [6.07, 6.45) is 3.92. The molecule has 0 radical (unpaired) electrons. The molecule has 102 valence electrons. The number of hydrogen-bond donors (Lipinski definition) is 1. The zero-order valence-corrected chi connectivity index (χ0v) is 11.8. The highest BCUT2D eigenvalue weighted by Gasteiger charge is 2.13. The average Bonchev–Trinajstić information content (AvgIpc) is 2.29. The van der Waals surface area contributed by atoms with E-state index in [-0.39, 0.29) is 16.6 Å².